The quantitative estimate of drug-likeness (QED) is 0.566. The highest BCUT2D eigenvalue weighted by molar-refractivity contribution is 4.91. The van der Waals surface area contributed by atoms with Gasteiger partial charge in [-0.15, -0.1) is 0 Å². The summed E-state index contributed by atoms with van der Waals surface area (Å²) in [6.07, 6.45) is 13.5. The maximum Gasteiger partial charge on any atom is 0.112 e. The summed E-state index contributed by atoms with van der Waals surface area (Å²) in [5.74, 6) is 0. The SMILES string of the molecule is CCCCCCC(C)(CCCCCC)N1CCNC1N. The van der Waals surface area contributed by atoms with E-state index in [4.69, 9.17) is 5.73 Å². The van der Waals surface area contributed by atoms with Crippen LogP contribution in [-0.4, -0.2) is 29.8 Å². The summed E-state index contributed by atoms with van der Waals surface area (Å²) in [7, 11) is 0. The Labute approximate surface area is 126 Å². The first-order valence-electron chi connectivity index (χ1n) is 8.89. The number of nitrogens with zero attached hydrogens (tertiary/aromatic N) is 1. The highest BCUT2D eigenvalue weighted by Crippen LogP contribution is 2.30. The van der Waals surface area contributed by atoms with Gasteiger partial charge in [0, 0.05) is 18.6 Å². The first-order chi connectivity index (χ1) is 9.64. The van der Waals surface area contributed by atoms with Crippen molar-refractivity contribution in [2.45, 2.75) is 96.8 Å². The van der Waals surface area contributed by atoms with E-state index < -0.39 is 0 Å². The van der Waals surface area contributed by atoms with E-state index in [0.717, 1.165) is 13.1 Å². The van der Waals surface area contributed by atoms with Gasteiger partial charge in [0.25, 0.3) is 0 Å². The molecule has 3 nitrogen and oxygen atoms in total. The van der Waals surface area contributed by atoms with Gasteiger partial charge in [0.2, 0.25) is 0 Å². The molecule has 0 aromatic heterocycles. The topological polar surface area (TPSA) is 41.3 Å². The molecule has 0 aromatic rings. The first-order valence-corrected chi connectivity index (χ1v) is 8.89. The molecule has 0 bridgehead atoms. The third-order valence-corrected chi connectivity index (χ3v) is 4.87. The molecular formula is C17H37N3. The molecule has 3 heteroatoms. The summed E-state index contributed by atoms with van der Waals surface area (Å²) in [6, 6.07) is 0. The zero-order chi connectivity index (χ0) is 14.8. The summed E-state index contributed by atoms with van der Waals surface area (Å²) in [5.41, 5.74) is 6.54. The zero-order valence-electron chi connectivity index (χ0n) is 14.1. The molecule has 20 heavy (non-hydrogen) atoms. The van der Waals surface area contributed by atoms with Crippen LogP contribution in [0.1, 0.15) is 85.0 Å². The molecule has 1 rings (SSSR count). The van der Waals surface area contributed by atoms with Crippen LogP contribution in [0.15, 0.2) is 0 Å². The van der Waals surface area contributed by atoms with E-state index in [1.165, 1.54) is 64.2 Å². The highest BCUT2D eigenvalue weighted by Gasteiger charge is 2.36. The number of rotatable bonds is 11. The molecule has 1 aliphatic rings. The van der Waals surface area contributed by atoms with E-state index in [1.807, 2.05) is 0 Å². The second-order valence-corrected chi connectivity index (χ2v) is 6.71. The van der Waals surface area contributed by atoms with Crippen LogP contribution in [0, 0.1) is 0 Å². The van der Waals surface area contributed by atoms with Gasteiger partial charge in [-0.1, -0.05) is 65.2 Å². The summed E-state index contributed by atoms with van der Waals surface area (Å²) >= 11 is 0. The van der Waals surface area contributed by atoms with Gasteiger partial charge in [0.05, 0.1) is 0 Å². The average Bonchev–Trinajstić information content (AvgIpc) is 2.87. The lowest BCUT2D eigenvalue weighted by Crippen LogP contribution is -2.55. The summed E-state index contributed by atoms with van der Waals surface area (Å²) in [4.78, 5) is 2.52. The van der Waals surface area contributed by atoms with Crippen molar-refractivity contribution in [1.82, 2.24) is 10.2 Å². The van der Waals surface area contributed by atoms with Crippen LogP contribution >= 0.6 is 0 Å². The standard InChI is InChI=1S/C17H37N3/c1-4-6-8-10-12-17(3,13-11-9-7-5-2)20-15-14-19-16(20)18/h16,19H,4-15,18H2,1-3H3. The number of nitrogens with one attached hydrogen (secondary N) is 1. The van der Waals surface area contributed by atoms with Crippen LogP contribution in [0.25, 0.3) is 0 Å². The minimum Gasteiger partial charge on any atom is -0.303 e. The Balaban J connectivity index is 2.47. The van der Waals surface area contributed by atoms with Crippen molar-refractivity contribution in [2.75, 3.05) is 13.1 Å². The Hall–Kier alpha value is -0.120. The Kier molecular flexibility index (Phi) is 8.74. The van der Waals surface area contributed by atoms with Crippen molar-refractivity contribution in [1.29, 1.82) is 0 Å². The molecule has 0 saturated carbocycles. The second kappa shape index (κ2) is 9.75. The molecular weight excluding hydrogens is 246 g/mol. The first kappa shape index (κ1) is 17.9. The predicted octanol–water partition coefficient (Wildman–Crippen LogP) is 3.83. The summed E-state index contributed by atoms with van der Waals surface area (Å²) in [6.45, 7) is 9.16. The fourth-order valence-electron chi connectivity index (χ4n) is 3.47. The van der Waals surface area contributed by atoms with Crippen molar-refractivity contribution in [3.8, 4) is 0 Å². The van der Waals surface area contributed by atoms with Crippen LogP contribution in [-0.2, 0) is 0 Å². The highest BCUT2D eigenvalue weighted by atomic mass is 15.4. The molecule has 0 amide bonds. The summed E-state index contributed by atoms with van der Waals surface area (Å²) < 4.78 is 0. The van der Waals surface area contributed by atoms with Crippen molar-refractivity contribution < 1.29 is 0 Å². The van der Waals surface area contributed by atoms with Crippen molar-refractivity contribution >= 4 is 0 Å². The molecule has 0 aliphatic carbocycles. The van der Waals surface area contributed by atoms with Gasteiger partial charge >= 0.3 is 0 Å². The van der Waals surface area contributed by atoms with E-state index in [9.17, 15) is 0 Å². The van der Waals surface area contributed by atoms with E-state index in [-0.39, 0.29) is 6.29 Å². The van der Waals surface area contributed by atoms with Crippen LogP contribution < -0.4 is 11.1 Å². The maximum absolute atomic E-state index is 6.24. The molecule has 0 aromatic carbocycles. The van der Waals surface area contributed by atoms with Gasteiger partial charge in [-0.05, 0) is 19.8 Å². The number of nitrogens with two attached hydrogens (primary N) is 1. The molecule has 120 valence electrons. The van der Waals surface area contributed by atoms with Crippen LogP contribution in [0.4, 0.5) is 0 Å². The zero-order valence-corrected chi connectivity index (χ0v) is 14.1. The van der Waals surface area contributed by atoms with E-state index in [1.54, 1.807) is 0 Å². The van der Waals surface area contributed by atoms with E-state index in [2.05, 4.69) is 31.0 Å². The maximum atomic E-state index is 6.24. The third kappa shape index (κ3) is 5.71. The fraction of sp³-hybridized carbons (Fsp3) is 1.00. The Morgan fingerprint density at radius 3 is 1.95 bits per heavy atom. The molecule has 3 N–H and O–H groups in total. The number of hydrogen-bond acceptors (Lipinski definition) is 3. The molecule has 0 radical (unpaired) electrons. The van der Waals surface area contributed by atoms with Crippen LogP contribution in [0.3, 0.4) is 0 Å². The van der Waals surface area contributed by atoms with Gasteiger partial charge in [0.1, 0.15) is 6.29 Å². The van der Waals surface area contributed by atoms with Crippen molar-refractivity contribution in [2.24, 2.45) is 5.73 Å². The molecule has 0 spiro atoms. The molecule has 1 atom stereocenters. The van der Waals surface area contributed by atoms with Crippen LogP contribution in [0.2, 0.25) is 0 Å². The fourth-order valence-corrected chi connectivity index (χ4v) is 3.47. The lowest BCUT2D eigenvalue weighted by molar-refractivity contribution is 0.0649. The van der Waals surface area contributed by atoms with Crippen molar-refractivity contribution in [3.63, 3.8) is 0 Å². The van der Waals surface area contributed by atoms with Gasteiger partial charge in [0.15, 0.2) is 0 Å². The molecule has 1 saturated heterocycles. The van der Waals surface area contributed by atoms with Gasteiger partial charge in [-0.25, -0.2) is 0 Å². The van der Waals surface area contributed by atoms with Gasteiger partial charge in [-0.3, -0.25) is 10.2 Å². The Morgan fingerprint density at radius 1 is 1.00 bits per heavy atom. The largest absolute Gasteiger partial charge is 0.303 e. The third-order valence-electron chi connectivity index (χ3n) is 4.87. The van der Waals surface area contributed by atoms with E-state index in [0.29, 0.717) is 5.54 Å². The normalized spacial score (nSPS) is 20.7. The van der Waals surface area contributed by atoms with Gasteiger partial charge in [-0.2, -0.15) is 0 Å². The molecule has 1 fully saturated rings. The average molecular weight is 284 g/mol. The lowest BCUT2D eigenvalue weighted by atomic mass is 9.86. The van der Waals surface area contributed by atoms with Gasteiger partial charge < -0.3 is 5.73 Å². The second-order valence-electron chi connectivity index (χ2n) is 6.71. The number of unbranched alkanes of at least 4 members (excludes halogenated alkanes) is 6. The molecule has 1 unspecified atom stereocenters. The number of hydrogen-bond donors (Lipinski definition) is 2. The Morgan fingerprint density at radius 2 is 1.55 bits per heavy atom. The Bertz CT molecular complexity index is 230. The monoisotopic (exact) mass is 283 g/mol. The molecule has 1 heterocycles. The summed E-state index contributed by atoms with van der Waals surface area (Å²) in [5, 5.41) is 3.38. The van der Waals surface area contributed by atoms with Crippen molar-refractivity contribution in [3.05, 3.63) is 0 Å². The lowest BCUT2D eigenvalue weighted by Gasteiger charge is -2.41. The molecule has 1 aliphatic heterocycles. The smallest absolute Gasteiger partial charge is 0.112 e. The minimum atomic E-state index is 0.0670. The van der Waals surface area contributed by atoms with Crippen LogP contribution in [0.5, 0.6) is 0 Å². The predicted molar refractivity (Wildman–Crippen MR) is 88.6 cm³/mol. The van der Waals surface area contributed by atoms with E-state index >= 15 is 0 Å². The minimum absolute atomic E-state index is 0.0670.